The molecule has 1 saturated heterocycles. The maximum Gasteiger partial charge on any atom is 0.328 e. The summed E-state index contributed by atoms with van der Waals surface area (Å²) in [5.41, 5.74) is 5.22. The smallest absolute Gasteiger partial charge is 0.328 e. The number of aromatic amines is 1. The fraction of sp³-hybridized carbons (Fsp3) is 0.231. The van der Waals surface area contributed by atoms with E-state index < -0.39 is 29.0 Å². The highest BCUT2D eigenvalue weighted by molar-refractivity contribution is 8.00. The summed E-state index contributed by atoms with van der Waals surface area (Å²) in [5.74, 6) is -1.99. The summed E-state index contributed by atoms with van der Waals surface area (Å²) in [4.78, 5) is 42.2. The first kappa shape index (κ1) is 15.1. The van der Waals surface area contributed by atoms with Crippen molar-refractivity contribution < 1.29 is 14.4 Å². The number of H-pyrrole nitrogens is 1. The highest BCUT2D eigenvalue weighted by Crippen LogP contribution is 2.54. The molecule has 0 bridgehead atoms. The number of thiophene rings is 1. The van der Waals surface area contributed by atoms with Crippen LogP contribution >= 0.6 is 46.7 Å². The maximum absolute atomic E-state index is 12.7. The summed E-state index contributed by atoms with van der Waals surface area (Å²) in [7, 11) is 0. The minimum atomic E-state index is -1.02. The van der Waals surface area contributed by atoms with Crippen LogP contribution in [-0.2, 0) is 9.59 Å². The van der Waals surface area contributed by atoms with Crippen molar-refractivity contribution in [2.45, 2.75) is 16.2 Å². The van der Waals surface area contributed by atoms with Crippen molar-refractivity contribution in [3.05, 3.63) is 31.2 Å². The molecular formula is C13H9N3O3S4. The highest BCUT2D eigenvalue weighted by Gasteiger charge is 2.57. The van der Waals surface area contributed by atoms with Crippen molar-refractivity contribution in [2.75, 3.05) is 0 Å². The van der Waals surface area contributed by atoms with E-state index in [0.717, 1.165) is 14.8 Å². The van der Waals surface area contributed by atoms with Crippen molar-refractivity contribution in [3.8, 4) is 0 Å². The third-order valence-corrected chi connectivity index (χ3v) is 7.60. The Hall–Kier alpha value is -1.49. The minimum absolute atomic E-state index is 0.282. The molecular weight excluding hydrogens is 374 g/mol. The second-order valence-electron chi connectivity index (χ2n) is 5.12. The zero-order valence-electron chi connectivity index (χ0n) is 11.3. The maximum atomic E-state index is 12.7. The molecule has 23 heavy (non-hydrogen) atoms. The van der Waals surface area contributed by atoms with Gasteiger partial charge in [0, 0.05) is 15.7 Å². The lowest BCUT2D eigenvalue weighted by Crippen LogP contribution is -2.41. The van der Waals surface area contributed by atoms with Gasteiger partial charge in [0.2, 0.25) is 5.91 Å². The number of primary amides is 1. The molecule has 0 aromatic carbocycles. The van der Waals surface area contributed by atoms with Gasteiger partial charge in [-0.1, -0.05) is 17.8 Å². The van der Waals surface area contributed by atoms with Crippen LogP contribution in [0.15, 0.2) is 22.5 Å². The molecule has 4 rings (SSSR count). The number of fused-ring (bicyclic) bond motifs is 2. The van der Waals surface area contributed by atoms with Gasteiger partial charge < -0.3 is 10.7 Å². The molecule has 3 N–H and O–H groups in total. The number of imide groups is 3. The SMILES string of the molecule is NC(=O)N1C(=O)C2Sc3[nH]c(=S)sc3C(c3cccs3)C2C1=O. The number of nitrogens with one attached hydrogen (secondary N) is 1. The van der Waals surface area contributed by atoms with Gasteiger partial charge in [0.15, 0.2) is 3.95 Å². The first-order chi connectivity index (χ1) is 11.0. The predicted molar refractivity (Wildman–Crippen MR) is 90.2 cm³/mol. The zero-order chi connectivity index (χ0) is 16.3. The number of hydrogen-bond donors (Lipinski definition) is 2. The molecule has 0 aliphatic carbocycles. The summed E-state index contributed by atoms with van der Waals surface area (Å²) < 4.78 is 0.607. The molecule has 6 nitrogen and oxygen atoms in total. The molecule has 3 unspecified atom stereocenters. The predicted octanol–water partition coefficient (Wildman–Crippen LogP) is 2.54. The van der Waals surface area contributed by atoms with Gasteiger partial charge in [-0.3, -0.25) is 9.59 Å². The first-order valence-corrected chi connectivity index (χ1v) is 9.57. The average Bonchev–Trinajstić information content (AvgIpc) is 3.16. The van der Waals surface area contributed by atoms with Crippen LogP contribution in [0.25, 0.3) is 0 Å². The van der Waals surface area contributed by atoms with Crippen molar-refractivity contribution >= 4 is 64.5 Å². The lowest BCUT2D eigenvalue weighted by molar-refractivity contribution is -0.135. The van der Waals surface area contributed by atoms with E-state index in [9.17, 15) is 14.4 Å². The molecule has 118 valence electrons. The number of rotatable bonds is 1. The Balaban J connectivity index is 1.91. The lowest BCUT2D eigenvalue weighted by Gasteiger charge is -2.28. The Bertz CT molecular complexity index is 885. The Morgan fingerprint density at radius 1 is 1.35 bits per heavy atom. The van der Waals surface area contributed by atoms with E-state index in [1.807, 2.05) is 17.5 Å². The van der Waals surface area contributed by atoms with E-state index in [4.69, 9.17) is 18.0 Å². The van der Waals surface area contributed by atoms with Gasteiger partial charge in [0.25, 0.3) is 5.91 Å². The van der Waals surface area contributed by atoms with Crippen molar-refractivity contribution in [1.29, 1.82) is 0 Å². The number of amides is 4. The molecule has 10 heteroatoms. The third kappa shape index (κ3) is 2.12. The number of nitrogens with zero attached hydrogens (tertiary/aromatic N) is 1. The van der Waals surface area contributed by atoms with Crippen LogP contribution in [0.5, 0.6) is 0 Å². The number of aromatic nitrogens is 1. The fourth-order valence-corrected chi connectivity index (χ4v) is 6.92. The Morgan fingerprint density at radius 3 is 2.78 bits per heavy atom. The fourth-order valence-electron chi connectivity index (χ4n) is 3.01. The standard InChI is InChI=1S/C13H9N3O3S4/c14-12(19)16-10(17)6-5(4-2-1-3-21-4)7-9(15-13(20)23-7)22-8(6)11(16)18/h1-3,5-6,8H,(H2,14,19)(H,15,20). The first-order valence-electron chi connectivity index (χ1n) is 6.59. The Kier molecular flexibility index (Phi) is 3.45. The summed E-state index contributed by atoms with van der Waals surface area (Å²) in [6.07, 6.45) is 0. The van der Waals surface area contributed by atoms with Crippen molar-refractivity contribution in [2.24, 2.45) is 11.7 Å². The number of thiazole rings is 1. The molecule has 2 aliphatic rings. The Morgan fingerprint density at radius 2 is 2.13 bits per heavy atom. The topological polar surface area (TPSA) is 96.3 Å². The molecule has 2 aromatic rings. The number of nitrogens with two attached hydrogens (primary N) is 1. The van der Waals surface area contributed by atoms with E-state index in [1.54, 1.807) is 0 Å². The van der Waals surface area contributed by atoms with Crippen LogP contribution in [0.3, 0.4) is 0 Å². The van der Waals surface area contributed by atoms with E-state index in [0.29, 0.717) is 8.85 Å². The van der Waals surface area contributed by atoms with Gasteiger partial charge in [0.05, 0.1) is 10.9 Å². The van der Waals surface area contributed by atoms with Crippen LogP contribution < -0.4 is 5.73 Å². The van der Waals surface area contributed by atoms with Gasteiger partial charge in [0.1, 0.15) is 5.25 Å². The molecule has 0 spiro atoms. The number of urea groups is 1. The van der Waals surface area contributed by atoms with E-state index in [-0.39, 0.29) is 5.92 Å². The number of carbonyl (C=O) groups is 3. The second-order valence-corrected chi connectivity index (χ2v) is 8.97. The zero-order valence-corrected chi connectivity index (χ0v) is 14.6. The van der Waals surface area contributed by atoms with Gasteiger partial charge in [-0.15, -0.1) is 22.7 Å². The monoisotopic (exact) mass is 383 g/mol. The van der Waals surface area contributed by atoms with Gasteiger partial charge in [-0.05, 0) is 23.7 Å². The molecule has 3 atom stereocenters. The quantitative estimate of drug-likeness (QED) is 0.583. The highest BCUT2D eigenvalue weighted by atomic mass is 32.2. The van der Waals surface area contributed by atoms with E-state index >= 15 is 0 Å². The largest absolute Gasteiger partial charge is 0.351 e. The van der Waals surface area contributed by atoms with Crippen LogP contribution in [0.2, 0.25) is 0 Å². The second kappa shape index (κ2) is 5.26. The third-order valence-electron chi connectivity index (χ3n) is 3.89. The van der Waals surface area contributed by atoms with Crippen molar-refractivity contribution in [1.82, 2.24) is 9.88 Å². The average molecular weight is 384 g/mol. The molecule has 0 saturated carbocycles. The summed E-state index contributed by atoms with van der Waals surface area (Å²) in [6.45, 7) is 0. The molecule has 4 amide bonds. The number of carbonyl (C=O) groups excluding carboxylic acids is 3. The van der Waals surface area contributed by atoms with Crippen LogP contribution in [-0.4, -0.2) is 33.0 Å². The summed E-state index contributed by atoms with van der Waals surface area (Å²) in [6, 6.07) is 2.81. The molecule has 1 fully saturated rings. The molecule has 2 aromatic heterocycles. The Labute approximate surface area is 147 Å². The lowest BCUT2D eigenvalue weighted by atomic mass is 9.87. The van der Waals surface area contributed by atoms with Crippen molar-refractivity contribution in [3.63, 3.8) is 0 Å². The van der Waals surface area contributed by atoms with Crippen LogP contribution in [0.1, 0.15) is 15.7 Å². The van der Waals surface area contributed by atoms with Gasteiger partial charge in [-0.2, -0.15) is 4.90 Å². The van der Waals surface area contributed by atoms with Crippen LogP contribution in [0.4, 0.5) is 4.79 Å². The van der Waals surface area contributed by atoms with Crippen LogP contribution in [0, 0.1) is 9.87 Å². The normalized spacial score (nSPS) is 26.3. The molecule has 2 aliphatic heterocycles. The summed E-state index contributed by atoms with van der Waals surface area (Å²) >= 11 is 9.39. The minimum Gasteiger partial charge on any atom is -0.351 e. The van der Waals surface area contributed by atoms with E-state index in [2.05, 4.69) is 4.98 Å². The molecule has 0 radical (unpaired) electrons. The summed E-state index contributed by atoms with van der Waals surface area (Å²) in [5, 5.41) is 2.06. The van der Waals surface area contributed by atoms with E-state index in [1.165, 1.54) is 34.4 Å². The number of thioether (sulfide) groups is 1. The number of likely N-dealkylation sites (tertiary alicyclic amines) is 1. The number of hydrogen-bond acceptors (Lipinski definition) is 7. The van der Waals surface area contributed by atoms with Gasteiger partial charge in [-0.25, -0.2) is 4.79 Å². The van der Waals surface area contributed by atoms with Gasteiger partial charge >= 0.3 is 6.03 Å². The molecule has 4 heterocycles.